The first-order valence-electron chi connectivity index (χ1n) is 5.21. The molecule has 3 heteroatoms. The number of hydrogen-bond donors (Lipinski definition) is 0. The summed E-state index contributed by atoms with van der Waals surface area (Å²) in [5.41, 5.74) is 0. The van der Waals surface area contributed by atoms with Crippen LogP contribution in [0.2, 0.25) is 0 Å². The molecule has 14 heavy (non-hydrogen) atoms. The van der Waals surface area contributed by atoms with Crippen molar-refractivity contribution in [2.45, 2.75) is 33.1 Å². The molecule has 1 aliphatic rings. The summed E-state index contributed by atoms with van der Waals surface area (Å²) in [7, 11) is 2.14. The Morgan fingerprint density at radius 1 is 1.43 bits per heavy atom. The molecule has 2 nitrogen and oxygen atoms in total. The molecule has 0 saturated carbocycles. The maximum Gasteiger partial charge on any atom is 0.0597 e. The van der Waals surface area contributed by atoms with Crippen molar-refractivity contribution < 1.29 is 37.7 Å². The Labute approximate surface area is 119 Å². The molecule has 1 radical (unpaired) electrons. The topological polar surface area (TPSA) is 27.0 Å². The van der Waals surface area contributed by atoms with Crippen molar-refractivity contribution in [2.24, 2.45) is 5.92 Å². The standard InChI is InChI=1S/C9H15N2.C2H6.Ho/c1-11-7-2-3-9(4-6-10)5-8-11;1-2;/h3,9H,2,4-5,7-8H2,1H3;1-2H3;/q-1;;. The van der Waals surface area contributed by atoms with E-state index in [0.29, 0.717) is 12.3 Å². The smallest absolute Gasteiger partial charge is 0.0597 e. The molecule has 0 aromatic rings. The second-order valence-corrected chi connectivity index (χ2v) is 3.24. The molecule has 0 N–H and O–H groups in total. The number of rotatable bonds is 1. The Bertz CT molecular complexity index is 154. The van der Waals surface area contributed by atoms with Crippen LogP contribution in [0.15, 0.2) is 0 Å². The molecule has 1 saturated heterocycles. The van der Waals surface area contributed by atoms with Crippen molar-refractivity contribution in [3.8, 4) is 6.07 Å². The molecule has 0 aromatic heterocycles. The third-order valence-corrected chi connectivity index (χ3v) is 2.25. The van der Waals surface area contributed by atoms with Gasteiger partial charge in [0.2, 0.25) is 0 Å². The van der Waals surface area contributed by atoms with Crippen LogP contribution >= 0.6 is 0 Å². The summed E-state index contributed by atoms with van der Waals surface area (Å²) in [5, 5.41) is 8.49. The summed E-state index contributed by atoms with van der Waals surface area (Å²) < 4.78 is 0. The Morgan fingerprint density at radius 3 is 2.64 bits per heavy atom. The van der Waals surface area contributed by atoms with Gasteiger partial charge in [-0.2, -0.15) is 17.6 Å². The van der Waals surface area contributed by atoms with Crippen LogP contribution in [0.3, 0.4) is 0 Å². The van der Waals surface area contributed by atoms with Crippen molar-refractivity contribution in [1.82, 2.24) is 4.90 Å². The van der Waals surface area contributed by atoms with E-state index in [1.807, 2.05) is 13.8 Å². The monoisotopic (exact) mass is 346 g/mol. The number of nitrogens with zero attached hydrogens (tertiary/aromatic N) is 2. The van der Waals surface area contributed by atoms with Crippen LogP contribution < -0.4 is 0 Å². The Hall–Kier alpha value is 0.710. The van der Waals surface area contributed by atoms with E-state index in [2.05, 4.69) is 24.4 Å². The minimum Gasteiger partial charge on any atom is -0.323 e. The fraction of sp³-hybridized carbons (Fsp3) is 0.818. The van der Waals surface area contributed by atoms with Crippen LogP contribution in [-0.4, -0.2) is 25.0 Å². The number of likely N-dealkylation sites (tertiary alicyclic amines) is 1. The molecular weight excluding hydrogens is 325 g/mol. The predicted octanol–water partition coefficient (Wildman–Crippen LogP) is 2.47. The minimum atomic E-state index is 0. The molecule has 1 atom stereocenters. The molecule has 1 heterocycles. The zero-order valence-electron chi connectivity index (χ0n) is 9.39. The molecule has 1 rings (SSSR count). The summed E-state index contributed by atoms with van der Waals surface area (Å²) >= 11 is 0. The van der Waals surface area contributed by atoms with E-state index in [-0.39, 0.29) is 37.7 Å². The molecular formula is C11H21HoN2-. The first kappa shape index (κ1) is 17.1. The van der Waals surface area contributed by atoms with Crippen LogP contribution in [0.25, 0.3) is 0 Å². The van der Waals surface area contributed by atoms with E-state index >= 15 is 0 Å². The molecule has 1 aliphatic heterocycles. The van der Waals surface area contributed by atoms with Crippen molar-refractivity contribution in [2.75, 3.05) is 20.1 Å². The normalized spacial score (nSPS) is 22.0. The first-order valence-corrected chi connectivity index (χ1v) is 5.21. The van der Waals surface area contributed by atoms with E-state index < -0.39 is 0 Å². The third-order valence-electron chi connectivity index (χ3n) is 2.25. The van der Waals surface area contributed by atoms with Crippen molar-refractivity contribution in [3.05, 3.63) is 6.42 Å². The predicted molar refractivity (Wildman–Crippen MR) is 56.1 cm³/mol. The second kappa shape index (κ2) is 11.8. The fourth-order valence-corrected chi connectivity index (χ4v) is 1.45. The average Bonchev–Trinajstić information content (AvgIpc) is 2.36. The van der Waals surface area contributed by atoms with Gasteiger partial charge in [-0.3, -0.25) is 0 Å². The van der Waals surface area contributed by atoms with Gasteiger partial charge >= 0.3 is 0 Å². The van der Waals surface area contributed by atoms with Gasteiger partial charge in [0.25, 0.3) is 0 Å². The minimum absolute atomic E-state index is 0. The van der Waals surface area contributed by atoms with Gasteiger partial charge in [0, 0.05) is 44.2 Å². The van der Waals surface area contributed by atoms with Gasteiger partial charge < -0.3 is 11.3 Å². The third kappa shape index (κ3) is 8.05. The largest absolute Gasteiger partial charge is 0.323 e. The van der Waals surface area contributed by atoms with E-state index in [1.165, 1.54) is 0 Å². The zero-order chi connectivity index (χ0) is 10.1. The Balaban J connectivity index is 0. The van der Waals surface area contributed by atoms with Crippen LogP contribution in [0.5, 0.6) is 0 Å². The van der Waals surface area contributed by atoms with E-state index in [1.54, 1.807) is 0 Å². The van der Waals surface area contributed by atoms with Crippen molar-refractivity contribution in [1.29, 1.82) is 5.26 Å². The summed E-state index contributed by atoms with van der Waals surface area (Å²) in [6.07, 6.45) is 5.30. The Morgan fingerprint density at radius 2 is 2.07 bits per heavy atom. The molecule has 87 valence electrons. The maximum atomic E-state index is 8.49. The van der Waals surface area contributed by atoms with Gasteiger partial charge in [-0.15, -0.1) is 0 Å². The van der Waals surface area contributed by atoms with Gasteiger partial charge in [-0.1, -0.05) is 20.3 Å². The first-order chi connectivity index (χ1) is 6.33. The number of hydrogen-bond acceptors (Lipinski definition) is 2. The van der Waals surface area contributed by atoms with Crippen LogP contribution in [0, 0.1) is 61.4 Å². The zero-order valence-corrected chi connectivity index (χ0v) is 11.3. The Kier molecular flexibility index (Phi) is 14.4. The summed E-state index contributed by atoms with van der Waals surface area (Å²) in [4.78, 5) is 2.33. The molecule has 0 aliphatic carbocycles. The molecule has 1 fully saturated rings. The van der Waals surface area contributed by atoms with Gasteiger partial charge in [-0.05, 0) is 20.1 Å². The number of nitriles is 1. The maximum absolute atomic E-state index is 8.49. The average molecular weight is 346 g/mol. The summed E-state index contributed by atoms with van der Waals surface area (Å²) in [6.45, 7) is 6.30. The van der Waals surface area contributed by atoms with Gasteiger partial charge in [-0.25, -0.2) is 0 Å². The van der Waals surface area contributed by atoms with E-state index in [4.69, 9.17) is 5.26 Å². The van der Waals surface area contributed by atoms with Crippen LogP contribution in [0.1, 0.15) is 33.1 Å². The molecule has 0 spiro atoms. The fourth-order valence-electron chi connectivity index (χ4n) is 1.45. The summed E-state index contributed by atoms with van der Waals surface area (Å²) in [6, 6.07) is 2.23. The molecule has 0 amide bonds. The van der Waals surface area contributed by atoms with Crippen molar-refractivity contribution >= 4 is 0 Å². The molecule has 1 unspecified atom stereocenters. The van der Waals surface area contributed by atoms with Crippen LogP contribution in [-0.2, 0) is 0 Å². The summed E-state index contributed by atoms with van der Waals surface area (Å²) in [5.74, 6) is 0.546. The van der Waals surface area contributed by atoms with Gasteiger partial charge in [0.1, 0.15) is 0 Å². The van der Waals surface area contributed by atoms with Gasteiger partial charge in [0.05, 0.1) is 6.07 Å². The molecule has 0 bridgehead atoms. The molecule has 0 aromatic carbocycles. The van der Waals surface area contributed by atoms with Crippen LogP contribution in [0.4, 0.5) is 0 Å². The second-order valence-electron chi connectivity index (χ2n) is 3.24. The van der Waals surface area contributed by atoms with Crippen molar-refractivity contribution in [3.63, 3.8) is 0 Å². The SMILES string of the molecule is CC.CN1CC[CH-]C(CC#N)CC1.[Ho]. The van der Waals surface area contributed by atoms with E-state index in [0.717, 1.165) is 25.9 Å². The quantitative estimate of drug-likeness (QED) is 0.539. The van der Waals surface area contributed by atoms with Gasteiger partial charge in [0.15, 0.2) is 0 Å². The van der Waals surface area contributed by atoms with E-state index in [9.17, 15) is 0 Å².